The summed E-state index contributed by atoms with van der Waals surface area (Å²) in [5, 5.41) is 11.7. The minimum atomic E-state index is -1.21. The number of para-hydroxylation sites is 1. The maximum atomic E-state index is 11.9. The number of benzene rings is 1. The SMILES string of the molecule is Cc1ccccc1-n1[nH]c(C)c(C(=O)O)c1=O. The van der Waals surface area contributed by atoms with Crippen LogP contribution < -0.4 is 5.56 Å². The molecule has 2 rings (SSSR count). The Labute approximate surface area is 97.3 Å². The smallest absolute Gasteiger partial charge is 0.343 e. The molecule has 88 valence electrons. The van der Waals surface area contributed by atoms with Gasteiger partial charge in [0.2, 0.25) is 0 Å². The molecule has 0 radical (unpaired) electrons. The molecule has 5 nitrogen and oxygen atoms in total. The van der Waals surface area contributed by atoms with Gasteiger partial charge in [-0.3, -0.25) is 9.89 Å². The third-order valence-electron chi connectivity index (χ3n) is 2.64. The number of carboxylic acids is 1. The first-order valence-electron chi connectivity index (χ1n) is 5.13. The molecule has 0 aliphatic heterocycles. The number of aromatic amines is 1. The molecule has 0 fully saturated rings. The van der Waals surface area contributed by atoms with E-state index >= 15 is 0 Å². The Morgan fingerprint density at radius 1 is 1.29 bits per heavy atom. The predicted molar refractivity (Wildman–Crippen MR) is 62.8 cm³/mol. The Hall–Kier alpha value is -2.30. The van der Waals surface area contributed by atoms with Crippen molar-refractivity contribution in [1.29, 1.82) is 0 Å². The van der Waals surface area contributed by atoms with Crippen LogP contribution in [-0.2, 0) is 0 Å². The van der Waals surface area contributed by atoms with Crippen molar-refractivity contribution in [3.8, 4) is 5.69 Å². The molecule has 2 N–H and O–H groups in total. The highest BCUT2D eigenvalue weighted by Gasteiger charge is 2.18. The summed E-state index contributed by atoms with van der Waals surface area (Å²) in [6.45, 7) is 3.43. The van der Waals surface area contributed by atoms with Crippen LogP contribution in [-0.4, -0.2) is 20.9 Å². The first-order chi connectivity index (χ1) is 8.02. The molecular weight excluding hydrogens is 220 g/mol. The van der Waals surface area contributed by atoms with Crippen molar-refractivity contribution in [2.75, 3.05) is 0 Å². The fourth-order valence-electron chi connectivity index (χ4n) is 1.78. The third-order valence-corrected chi connectivity index (χ3v) is 2.64. The van der Waals surface area contributed by atoms with Gasteiger partial charge < -0.3 is 5.11 Å². The van der Waals surface area contributed by atoms with Gasteiger partial charge in [0.1, 0.15) is 5.56 Å². The average Bonchev–Trinajstić information content (AvgIpc) is 2.55. The van der Waals surface area contributed by atoms with Crippen molar-refractivity contribution in [2.45, 2.75) is 13.8 Å². The predicted octanol–water partition coefficient (Wildman–Crippen LogP) is 1.48. The van der Waals surface area contributed by atoms with Gasteiger partial charge in [-0.2, -0.15) is 0 Å². The van der Waals surface area contributed by atoms with E-state index in [4.69, 9.17) is 5.11 Å². The normalized spacial score (nSPS) is 10.5. The zero-order chi connectivity index (χ0) is 12.6. The molecule has 0 saturated heterocycles. The summed E-state index contributed by atoms with van der Waals surface area (Å²) in [5.74, 6) is -1.21. The van der Waals surface area contributed by atoms with E-state index in [-0.39, 0.29) is 5.56 Å². The van der Waals surface area contributed by atoms with E-state index in [0.29, 0.717) is 11.4 Å². The number of carboxylic acid groups (broad SMARTS) is 1. The highest BCUT2D eigenvalue weighted by atomic mass is 16.4. The number of carbonyl (C=O) groups is 1. The number of H-pyrrole nitrogens is 1. The lowest BCUT2D eigenvalue weighted by atomic mass is 10.2. The molecule has 2 aromatic rings. The number of aromatic carboxylic acids is 1. The molecule has 0 aliphatic rings. The number of aromatic nitrogens is 2. The van der Waals surface area contributed by atoms with Crippen LogP contribution in [0.3, 0.4) is 0 Å². The molecular formula is C12H12N2O3. The Morgan fingerprint density at radius 2 is 1.94 bits per heavy atom. The summed E-state index contributed by atoms with van der Waals surface area (Å²) >= 11 is 0. The van der Waals surface area contributed by atoms with Crippen molar-refractivity contribution in [3.63, 3.8) is 0 Å². The second kappa shape index (κ2) is 3.93. The van der Waals surface area contributed by atoms with Gasteiger partial charge in [0.15, 0.2) is 0 Å². The summed E-state index contributed by atoms with van der Waals surface area (Å²) in [5.41, 5.74) is 1.16. The molecule has 0 spiro atoms. The van der Waals surface area contributed by atoms with E-state index in [1.54, 1.807) is 19.1 Å². The first kappa shape index (κ1) is 11.2. The van der Waals surface area contributed by atoms with E-state index in [9.17, 15) is 9.59 Å². The number of nitrogens with zero attached hydrogens (tertiary/aromatic N) is 1. The van der Waals surface area contributed by atoms with Crippen molar-refractivity contribution in [2.24, 2.45) is 0 Å². The van der Waals surface area contributed by atoms with Crippen molar-refractivity contribution >= 4 is 5.97 Å². The van der Waals surface area contributed by atoms with Crippen LogP contribution in [0.15, 0.2) is 29.1 Å². The molecule has 0 aliphatic carbocycles. The summed E-state index contributed by atoms with van der Waals surface area (Å²) in [6.07, 6.45) is 0. The summed E-state index contributed by atoms with van der Waals surface area (Å²) in [4.78, 5) is 22.9. The lowest BCUT2D eigenvalue weighted by Gasteiger charge is -2.04. The van der Waals surface area contributed by atoms with Gasteiger partial charge in [0, 0.05) is 5.69 Å². The van der Waals surface area contributed by atoms with Crippen LogP contribution in [0.4, 0.5) is 0 Å². The largest absolute Gasteiger partial charge is 0.477 e. The fraction of sp³-hybridized carbons (Fsp3) is 0.167. The Balaban J connectivity index is 2.71. The summed E-state index contributed by atoms with van der Waals surface area (Å²) in [7, 11) is 0. The number of hydrogen-bond donors (Lipinski definition) is 2. The van der Waals surface area contributed by atoms with Gasteiger partial charge in [-0.1, -0.05) is 18.2 Å². The van der Waals surface area contributed by atoms with Gasteiger partial charge in [-0.15, -0.1) is 0 Å². The molecule has 0 bridgehead atoms. The molecule has 17 heavy (non-hydrogen) atoms. The number of aryl methyl sites for hydroxylation is 2. The maximum Gasteiger partial charge on any atom is 0.343 e. The maximum absolute atomic E-state index is 11.9. The highest BCUT2D eigenvalue weighted by molar-refractivity contribution is 5.88. The second-order valence-electron chi connectivity index (χ2n) is 3.84. The molecule has 5 heteroatoms. The van der Waals surface area contributed by atoms with Gasteiger partial charge in [-0.05, 0) is 25.5 Å². The molecule has 0 unspecified atom stereocenters. The lowest BCUT2D eigenvalue weighted by Crippen LogP contribution is -2.20. The minimum Gasteiger partial charge on any atom is -0.477 e. The van der Waals surface area contributed by atoms with E-state index < -0.39 is 11.5 Å². The Kier molecular flexibility index (Phi) is 2.59. The molecule has 0 saturated carbocycles. The number of nitrogens with one attached hydrogen (secondary N) is 1. The summed E-state index contributed by atoms with van der Waals surface area (Å²) < 4.78 is 1.26. The van der Waals surface area contributed by atoms with Gasteiger partial charge >= 0.3 is 5.97 Å². The molecule has 1 aromatic heterocycles. The Morgan fingerprint density at radius 3 is 2.47 bits per heavy atom. The second-order valence-corrected chi connectivity index (χ2v) is 3.84. The monoisotopic (exact) mass is 232 g/mol. The van der Waals surface area contributed by atoms with Crippen LogP contribution in [0.1, 0.15) is 21.6 Å². The zero-order valence-electron chi connectivity index (χ0n) is 9.52. The molecule has 0 amide bonds. The number of hydrogen-bond acceptors (Lipinski definition) is 2. The fourth-order valence-corrected chi connectivity index (χ4v) is 1.78. The van der Waals surface area contributed by atoms with E-state index in [2.05, 4.69) is 5.10 Å². The van der Waals surface area contributed by atoms with E-state index in [1.807, 2.05) is 19.1 Å². The average molecular weight is 232 g/mol. The van der Waals surface area contributed by atoms with Gasteiger partial charge in [0.05, 0.1) is 5.69 Å². The van der Waals surface area contributed by atoms with Crippen LogP contribution in [0, 0.1) is 13.8 Å². The quantitative estimate of drug-likeness (QED) is 0.823. The standard InChI is InChI=1S/C12H12N2O3/c1-7-5-3-4-6-9(7)14-11(15)10(12(16)17)8(2)13-14/h3-6,13H,1-2H3,(H,16,17). The molecule has 1 aromatic carbocycles. The van der Waals surface area contributed by atoms with Crippen LogP contribution in [0.2, 0.25) is 0 Å². The van der Waals surface area contributed by atoms with Gasteiger partial charge in [-0.25, -0.2) is 9.48 Å². The zero-order valence-corrected chi connectivity index (χ0v) is 9.52. The topological polar surface area (TPSA) is 75.1 Å². The first-order valence-corrected chi connectivity index (χ1v) is 5.13. The van der Waals surface area contributed by atoms with Crippen molar-refractivity contribution in [1.82, 2.24) is 9.78 Å². The van der Waals surface area contributed by atoms with Gasteiger partial charge in [0.25, 0.3) is 5.56 Å². The number of rotatable bonds is 2. The van der Waals surface area contributed by atoms with Crippen LogP contribution >= 0.6 is 0 Å². The van der Waals surface area contributed by atoms with Crippen molar-refractivity contribution < 1.29 is 9.90 Å². The minimum absolute atomic E-state index is 0.215. The third kappa shape index (κ3) is 1.75. The molecule has 1 heterocycles. The van der Waals surface area contributed by atoms with E-state index in [0.717, 1.165) is 5.56 Å². The van der Waals surface area contributed by atoms with Crippen molar-refractivity contribution in [3.05, 3.63) is 51.4 Å². The highest BCUT2D eigenvalue weighted by Crippen LogP contribution is 2.11. The summed E-state index contributed by atoms with van der Waals surface area (Å²) in [6, 6.07) is 7.28. The van der Waals surface area contributed by atoms with Crippen LogP contribution in [0.25, 0.3) is 5.69 Å². The lowest BCUT2D eigenvalue weighted by molar-refractivity contribution is 0.0694. The van der Waals surface area contributed by atoms with Crippen LogP contribution in [0.5, 0.6) is 0 Å². The Bertz CT molecular complexity index is 637. The molecule has 0 atom stereocenters. The van der Waals surface area contributed by atoms with E-state index in [1.165, 1.54) is 4.68 Å².